The van der Waals surface area contributed by atoms with Gasteiger partial charge in [-0.3, -0.25) is 4.79 Å². The van der Waals surface area contributed by atoms with Gasteiger partial charge in [0.2, 0.25) is 0 Å². The molecule has 0 radical (unpaired) electrons. The van der Waals surface area contributed by atoms with E-state index in [1.165, 1.54) is 0 Å². The van der Waals surface area contributed by atoms with Crippen LogP contribution in [0.25, 0.3) is 0 Å². The zero-order valence-electron chi connectivity index (χ0n) is 9.54. The number of rotatable bonds is 7. The first-order valence-electron chi connectivity index (χ1n) is 5.60. The minimum absolute atomic E-state index is 0.200. The van der Waals surface area contributed by atoms with Crippen molar-refractivity contribution in [2.75, 3.05) is 12.5 Å². The van der Waals surface area contributed by atoms with E-state index in [-0.39, 0.29) is 5.78 Å². The SMILES string of the molecule is CCCCC(=O)c1ccc(OCCCl)cc1. The van der Waals surface area contributed by atoms with Gasteiger partial charge in [-0.1, -0.05) is 13.3 Å². The lowest BCUT2D eigenvalue weighted by atomic mass is 10.1. The van der Waals surface area contributed by atoms with E-state index in [1.807, 2.05) is 24.3 Å². The Morgan fingerprint density at radius 2 is 2.00 bits per heavy atom. The van der Waals surface area contributed by atoms with Gasteiger partial charge in [-0.05, 0) is 30.7 Å². The maximum atomic E-state index is 11.7. The van der Waals surface area contributed by atoms with Crippen molar-refractivity contribution in [1.29, 1.82) is 0 Å². The van der Waals surface area contributed by atoms with Gasteiger partial charge in [0, 0.05) is 12.0 Å². The van der Waals surface area contributed by atoms with E-state index in [4.69, 9.17) is 16.3 Å². The number of hydrogen-bond donors (Lipinski definition) is 0. The highest BCUT2D eigenvalue weighted by Crippen LogP contribution is 2.14. The average Bonchev–Trinajstić information content (AvgIpc) is 2.34. The fourth-order valence-corrected chi connectivity index (χ4v) is 1.45. The Morgan fingerprint density at radius 3 is 2.56 bits per heavy atom. The third-order valence-corrected chi connectivity index (χ3v) is 2.43. The van der Waals surface area contributed by atoms with Crippen molar-refractivity contribution in [2.24, 2.45) is 0 Å². The van der Waals surface area contributed by atoms with Crippen LogP contribution < -0.4 is 4.74 Å². The van der Waals surface area contributed by atoms with Gasteiger partial charge < -0.3 is 4.74 Å². The van der Waals surface area contributed by atoms with E-state index >= 15 is 0 Å². The van der Waals surface area contributed by atoms with Crippen LogP contribution >= 0.6 is 11.6 Å². The highest BCUT2D eigenvalue weighted by atomic mass is 35.5. The molecule has 0 N–H and O–H groups in total. The summed E-state index contributed by atoms with van der Waals surface area (Å²) in [5.41, 5.74) is 0.756. The highest BCUT2D eigenvalue weighted by molar-refractivity contribution is 6.18. The second kappa shape index (κ2) is 7.29. The van der Waals surface area contributed by atoms with Crippen molar-refractivity contribution in [3.63, 3.8) is 0 Å². The van der Waals surface area contributed by atoms with Crippen LogP contribution in [0.3, 0.4) is 0 Å². The number of carbonyl (C=O) groups excluding carboxylic acids is 1. The number of carbonyl (C=O) groups is 1. The Hall–Kier alpha value is -1.02. The first-order chi connectivity index (χ1) is 7.77. The highest BCUT2D eigenvalue weighted by Gasteiger charge is 2.04. The summed E-state index contributed by atoms with van der Waals surface area (Å²) in [4.78, 5) is 11.7. The zero-order valence-corrected chi connectivity index (χ0v) is 10.3. The molecule has 1 aromatic carbocycles. The lowest BCUT2D eigenvalue weighted by Gasteiger charge is -2.04. The molecule has 0 atom stereocenters. The van der Waals surface area contributed by atoms with Gasteiger partial charge in [0.15, 0.2) is 5.78 Å². The third-order valence-electron chi connectivity index (χ3n) is 2.28. The van der Waals surface area contributed by atoms with E-state index < -0.39 is 0 Å². The molecule has 1 aromatic rings. The Labute approximate surface area is 102 Å². The summed E-state index contributed by atoms with van der Waals surface area (Å²) >= 11 is 5.51. The summed E-state index contributed by atoms with van der Waals surface area (Å²) in [5, 5.41) is 0. The normalized spacial score (nSPS) is 10.1. The van der Waals surface area contributed by atoms with Crippen molar-refractivity contribution >= 4 is 17.4 Å². The van der Waals surface area contributed by atoms with Gasteiger partial charge in [-0.2, -0.15) is 0 Å². The van der Waals surface area contributed by atoms with E-state index in [0.29, 0.717) is 18.9 Å². The standard InChI is InChI=1S/C13H17ClO2/c1-2-3-4-13(15)11-5-7-12(8-6-11)16-10-9-14/h5-8H,2-4,9-10H2,1H3. The molecule has 16 heavy (non-hydrogen) atoms. The molecule has 0 amide bonds. The Kier molecular flexibility index (Phi) is 5.94. The molecule has 0 aliphatic rings. The molecular formula is C13H17ClO2. The van der Waals surface area contributed by atoms with Crippen LogP contribution in [0, 0.1) is 0 Å². The summed E-state index contributed by atoms with van der Waals surface area (Å²) in [6.07, 6.45) is 2.62. The molecule has 0 aliphatic heterocycles. The average molecular weight is 241 g/mol. The molecule has 0 unspecified atom stereocenters. The molecule has 0 saturated heterocycles. The van der Waals surface area contributed by atoms with Crippen LogP contribution in [0.4, 0.5) is 0 Å². The van der Waals surface area contributed by atoms with Crippen LogP contribution in [0.15, 0.2) is 24.3 Å². The first-order valence-corrected chi connectivity index (χ1v) is 6.13. The van der Waals surface area contributed by atoms with Crippen molar-refractivity contribution in [3.8, 4) is 5.75 Å². The number of alkyl halides is 1. The van der Waals surface area contributed by atoms with Gasteiger partial charge >= 0.3 is 0 Å². The number of ketones is 1. The van der Waals surface area contributed by atoms with Crippen LogP contribution in [0.5, 0.6) is 5.75 Å². The second-order valence-electron chi connectivity index (χ2n) is 3.59. The molecule has 0 saturated carbocycles. The van der Waals surface area contributed by atoms with Crippen molar-refractivity contribution < 1.29 is 9.53 Å². The fraction of sp³-hybridized carbons (Fsp3) is 0.462. The third kappa shape index (κ3) is 4.23. The van der Waals surface area contributed by atoms with E-state index in [0.717, 1.165) is 24.2 Å². The predicted molar refractivity (Wildman–Crippen MR) is 66.5 cm³/mol. The Balaban J connectivity index is 2.53. The summed E-state index contributed by atoms with van der Waals surface area (Å²) < 4.78 is 5.33. The Bertz CT molecular complexity index is 319. The predicted octanol–water partition coefficient (Wildman–Crippen LogP) is 3.68. The molecule has 0 spiro atoms. The second-order valence-corrected chi connectivity index (χ2v) is 3.97. The maximum Gasteiger partial charge on any atom is 0.162 e. The minimum atomic E-state index is 0.200. The quantitative estimate of drug-likeness (QED) is 0.537. The fourth-order valence-electron chi connectivity index (χ4n) is 1.38. The number of unbranched alkanes of at least 4 members (excludes halogenated alkanes) is 1. The number of ether oxygens (including phenoxy) is 1. The van der Waals surface area contributed by atoms with Crippen LogP contribution in [-0.4, -0.2) is 18.3 Å². The summed E-state index contributed by atoms with van der Waals surface area (Å²) in [7, 11) is 0. The van der Waals surface area contributed by atoms with E-state index in [9.17, 15) is 4.79 Å². The number of Topliss-reactive ketones (excluding diaryl/α,β-unsaturated/α-hetero) is 1. The van der Waals surface area contributed by atoms with Gasteiger partial charge in [-0.15, -0.1) is 11.6 Å². The lowest BCUT2D eigenvalue weighted by Crippen LogP contribution is -2.00. The molecular weight excluding hydrogens is 224 g/mol. The van der Waals surface area contributed by atoms with Crippen LogP contribution in [-0.2, 0) is 0 Å². The smallest absolute Gasteiger partial charge is 0.162 e. The molecule has 0 aromatic heterocycles. The van der Waals surface area contributed by atoms with Gasteiger partial charge in [-0.25, -0.2) is 0 Å². The monoisotopic (exact) mass is 240 g/mol. The molecule has 88 valence electrons. The van der Waals surface area contributed by atoms with Crippen LogP contribution in [0.1, 0.15) is 36.5 Å². The Morgan fingerprint density at radius 1 is 1.31 bits per heavy atom. The van der Waals surface area contributed by atoms with Crippen molar-refractivity contribution in [2.45, 2.75) is 26.2 Å². The molecule has 0 heterocycles. The first kappa shape index (κ1) is 13.0. The maximum absolute atomic E-state index is 11.7. The van der Waals surface area contributed by atoms with Gasteiger partial charge in [0.25, 0.3) is 0 Å². The molecule has 1 rings (SSSR count). The van der Waals surface area contributed by atoms with Crippen LogP contribution in [0.2, 0.25) is 0 Å². The molecule has 2 nitrogen and oxygen atoms in total. The molecule has 0 aliphatic carbocycles. The van der Waals surface area contributed by atoms with Crippen molar-refractivity contribution in [3.05, 3.63) is 29.8 Å². The number of hydrogen-bond acceptors (Lipinski definition) is 2. The van der Waals surface area contributed by atoms with E-state index in [2.05, 4.69) is 6.92 Å². The van der Waals surface area contributed by atoms with Gasteiger partial charge in [0.1, 0.15) is 12.4 Å². The number of benzene rings is 1. The minimum Gasteiger partial charge on any atom is -0.492 e. The van der Waals surface area contributed by atoms with E-state index in [1.54, 1.807) is 0 Å². The number of halogens is 1. The summed E-state index contributed by atoms with van der Waals surface area (Å²) in [6.45, 7) is 2.57. The van der Waals surface area contributed by atoms with Crippen molar-refractivity contribution in [1.82, 2.24) is 0 Å². The topological polar surface area (TPSA) is 26.3 Å². The molecule has 0 bridgehead atoms. The molecule has 3 heteroatoms. The molecule has 0 fully saturated rings. The zero-order chi connectivity index (χ0) is 11.8. The largest absolute Gasteiger partial charge is 0.492 e. The summed E-state index contributed by atoms with van der Waals surface area (Å²) in [5.74, 6) is 1.43. The summed E-state index contributed by atoms with van der Waals surface area (Å²) in [6, 6.07) is 7.24. The lowest BCUT2D eigenvalue weighted by molar-refractivity contribution is 0.0980. The van der Waals surface area contributed by atoms with Gasteiger partial charge in [0.05, 0.1) is 5.88 Å².